The van der Waals surface area contributed by atoms with Crippen molar-refractivity contribution in [3.05, 3.63) is 35.4 Å². The van der Waals surface area contributed by atoms with Gasteiger partial charge in [-0.1, -0.05) is 43.5 Å². The molecular formula is C17H25NS. The zero-order valence-electron chi connectivity index (χ0n) is 11.7. The molecule has 19 heavy (non-hydrogen) atoms. The highest BCUT2D eigenvalue weighted by Crippen LogP contribution is 2.36. The predicted molar refractivity (Wildman–Crippen MR) is 84.7 cm³/mol. The van der Waals surface area contributed by atoms with Gasteiger partial charge in [-0.05, 0) is 54.2 Å². The summed E-state index contributed by atoms with van der Waals surface area (Å²) in [5, 5.41) is 0. The summed E-state index contributed by atoms with van der Waals surface area (Å²) in [6.45, 7) is 0. The van der Waals surface area contributed by atoms with E-state index in [1.54, 1.807) is 0 Å². The minimum absolute atomic E-state index is 0.0425. The summed E-state index contributed by atoms with van der Waals surface area (Å²) in [5.74, 6) is 3.44. The molecule has 1 saturated heterocycles. The molecule has 2 heteroatoms. The number of hydrogen-bond acceptors (Lipinski definition) is 2. The SMILES string of the molecule is NC1(c2ccc(C3CCSCC3)cc2)CCCCC1. The first-order valence-electron chi connectivity index (χ1n) is 7.75. The number of thioether (sulfide) groups is 1. The van der Waals surface area contributed by atoms with E-state index in [9.17, 15) is 0 Å². The Kier molecular flexibility index (Phi) is 4.18. The lowest BCUT2D eigenvalue weighted by molar-refractivity contribution is 0.302. The van der Waals surface area contributed by atoms with Crippen molar-refractivity contribution >= 4 is 11.8 Å². The number of hydrogen-bond donors (Lipinski definition) is 1. The summed E-state index contributed by atoms with van der Waals surface area (Å²) in [7, 11) is 0. The minimum Gasteiger partial charge on any atom is -0.321 e. The lowest BCUT2D eigenvalue weighted by Crippen LogP contribution is -2.38. The van der Waals surface area contributed by atoms with Crippen molar-refractivity contribution in [2.75, 3.05) is 11.5 Å². The van der Waals surface area contributed by atoms with Gasteiger partial charge in [-0.3, -0.25) is 0 Å². The summed E-state index contributed by atoms with van der Waals surface area (Å²) >= 11 is 2.10. The van der Waals surface area contributed by atoms with Gasteiger partial charge in [0, 0.05) is 5.54 Å². The lowest BCUT2D eigenvalue weighted by Gasteiger charge is -2.34. The zero-order valence-corrected chi connectivity index (χ0v) is 12.6. The Morgan fingerprint density at radius 2 is 1.58 bits per heavy atom. The molecule has 1 aromatic carbocycles. The third kappa shape index (κ3) is 3.00. The fraction of sp³-hybridized carbons (Fsp3) is 0.647. The summed E-state index contributed by atoms with van der Waals surface area (Å²) < 4.78 is 0. The summed E-state index contributed by atoms with van der Waals surface area (Å²) in [5.41, 5.74) is 9.46. The van der Waals surface area contributed by atoms with Gasteiger partial charge >= 0.3 is 0 Å². The summed E-state index contributed by atoms with van der Waals surface area (Å²) in [4.78, 5) is 0. The molecule has 0 unspecified atom stereocenters. The smallest absolute Gasteiger partial charge is 0.0409 e. The van der Waals surface area contributed by atoms with Crippen LogP contribution in [0.3, 0.4) is 0 Å². The van der Waals surface area contributed by atoms with Gasteiger partial charge in [0.2, 0.25) is 0 Å². The molecule has 104 valence electrons. The van der Waals surface area contributed by atoms with Crippen molar-refractivity contribution in [1.82, 2.24) is 0 Å². The van der Waals surface area contributed by atoms with Crippen molar-refractivity contribution in [3.8, 4) is 0 Å². The Labute approximate surface area is 121 Å². The number of benzene rings is 1. The fourth-order valence-electron chi connectivity index (χ4n) is 3.59. The van der Waals surface area contributed by atoms with Crippen molar-refractivity contribution in [2.45, 2.75) is 56.4 Å². The topological polar surface area (TPSA) is 26.0 Å². The Morgan fingerprint density at radius 1 is 0.947 bits per heavy atom. The fourth-order valence-corrected chi connectivity index (χ4v) is 4.70. The summed E-state index contributed by atoms with van der Waals surface area (Å²) in [6.07, 6.45) is 8.95. The average Bonchev–Trinajstić information content (AvgIpc) is 2.49. The van der Waals surface area contributed by atoms with E-state index >= 15 is 0 Å². The molecule has 0 radical (unpaired) electrons. The van der Waals surface area contributed by atoms with Crippen molar-refractivity contribution in [1.29, 1.82) is 0 Å². The largest absolute Gasteiger partial charge is 0.321 e. The van der Waals surface area contributed by atoms with E-state index in [-0.39, 0.29) is 5.54 Å². The standard InChI is InChI=1S/C17H25NS/c18-17(10-2-1-3-11-17)16-6-4-14(5-7-16)15-8-12-19-13-9-15/h4-7,15H,1-3,8-13,18H2. The van der Waals surface area contributed by atoms with Crippen LogP contribution in [0.25, 0.3) is 0 Å². The second-order valence-electron chi connectivity index (χ2n) is 6.23. The molecule has 0 amide bonds. The molecule has 2 N–H and O–H groups in total. The average molecular weight is 275 g/mol. The molecule has 3 rings (SSSR count). The molecule has 0 atom stereocenters. The first-order chi connectivity index (χ1) is 9.28. The van der Waals surface area contributed by atoms with Crippen LogP contribution in [0, 0.1) is 0 Å². The first kappa shape index (κ1) is 13.5. The van der Waals surface area contributed by atoms with Crippen molar-refractivity contribution < 1.29 is 0 Å². The molecule has 0 aromatic heterocycles. The normalized spacial score (nSPS) is 24.3. The maximum Gasteiger partial charge on any atom is 0.0409 e. The number of nitrogens with two attached hydrogens (primary N) is 1. The van der Waals surface area contributed by atoms with E-state index in [0.29, 0.717) is 0 Å². The Bertz CT molecular complexity index is 400. The lowest BCUT2D eigenvalue weighted by atomic mass is 9.77. The molecule has 1 saturated carbocycles. The van der Waals surface area contributed by atoms with Gasteiger partial charge in [-0.2, -0.15) is 11.8 Å². The van der Waals surface area contributed by atoms with Gasteiger partial charge in [0.05, 0.1) is 0 Å². The molecule has 0 bridgehead atoms. The van der Waals surface area contributed by atoms with Crippen LogP contribution in [0.2, 0.25) is 0 Å². The molecule has 0 spiro atoms. The van der Waals surface area contributed by atoms with Crippen LogP contribution in [0.15, 0.2) is 24.3 Å². The van der Waals surface area contributed by atoms with E-state index in [4.69, 9.17) is 5.73 Å². The highest BCUT2D eigenvalue weighted by Gasteiger charge is 2.29. The van der Waals surface area contributed by atoms with Gasteiger partial charge in [0.1, 0.15) is 0 Å². The molecule has 1 heterocycles. The van der Waals surface area contributed by atoms with Gasteiger partial charge < -0.3 is 5.73 Å². The van der Waals surface area contributed by atoms with Crippen LogP contribution >= 0.6 is 11.8 Å². The van der Waals surface area contributed by atoms with Gasteiger partial charge in [0.25, 0.3) is 0 Å². The quantitative estimate of drug-likeness (QED) is 0.865. The van der Waals surface area contributed by atoms with Gasteiger partial charge in [-0.25, -0.2) is 0 Å². The molecule has 1 aliphatic carbocycles. The van der Waals surface area contributed by atoms with Crippen LogP contribution in [0.5, 0.6) is 0 Å². The molecule has 1 aliphatic heterocycles. The van der Waals surface area contributed by atoms with Gasteiger partial charge in [0.15, 0.2) is 0 Å². The highest BCUT2D eigenvalue weighted by atomic mass is 32.2. The molecule has 1 nitrogen and oxygen atoms in total. The molecule has 2 fully saturated rings. The molecule has 1 aromatic rings. The van der Waals surface area contributed by atoms with E-state index in [2.05, 4.69) is 36.0 Å². The summed E-state index contributed by atoms with van der Waals surface area (Å²) in [6, 6.07) is 9.31. The zero-order chi connectivity index (χ0) is 13.1. The Morgan fingerprint density at radius 3 is 2.21 bits per heavy atom. The van der Waals surface area contributed by atoms with Crippen LogP contribution in [0.1, 0.15) is 62.0 Å². The molecular weight excluding hydrogens is 250 g/mol. The Hall–Kier alpha value is -0.470. The van der Waals surface area contributed by atoms with E-state index < -0.39 is 0 Å². The maximum absolute atomic E-state index is 6.61. The van der Waals surface area contributed by atoms with E-state index in [1.807, 2.05) is 0 Å². The minimum atomic E-state index is -0.0425. The van der Waals surface area contributed by atoms with E-state index in [1.165, 1.54) is 54.7 Å². The maximum atomic E-state index is 6.61. The van der Waals surface area contributed by atoms with Crippen LogP contribution in [-0.4, -0.2) is 11.5 Å². The third-order valence-corrected chi connectivity index (χ3v) is 5.97. The first-order valence-corrected chi connectivity index (χ1v) is 8.90. The monoisotopic (exact) mass is 275 g/mol. The van der Waals surface area contributed by atoms with Crippen LogP contribution in [-0.2, 0) is 5.54 Å². The van der Waals surface area contributed by atoms with Crippen molar-refractivity contribution in [3.63, 3.8) is 0 Å². The molecule has 2 aliphatic rings. The van der Waals surface area contributed by atoms with Crippen LogP contribution in [0.4, 0.5) is 0 Å². The highest BCUT2D eigenvalue weighted by molar-refractivity contribution is 7.99. The van der Waals surface area contributed by atoms with Gasteiger partial charge in [-0.15, -0.1) is 0 Å². The van der Waals surface area contributed by atoms with Crippen LogP contribution < -0.4 is 5.73 Å². The Balaban J connectivity index is 1.74. The van der Waals surface area contributed by atoms with E-state index in [0.717, 1.165) is 18.8 Å². The van der Waals surface area contributed by atoms with Crippen molar-refractivity contribution in [2.24, 2.45) is 5.73 Å². The second-order valence-corrected chi connectivity index (χ2v) is 7.45. The second kappa shape index (κ2) is 5.88. The number of rotatable bonds is 2. The third-order valence-electron chi connectivity index (χ3n) is 4.92. The predicted octanol–water partition coefficient (Wildman–Crippen LogP) is 4.42.